The van der Waals surface area contributed by atoms with E-state index in [0.29, 0.717) is 12.1 Å². The molecule has 0 amide bonds. The highest BCUT2D eigenvalue weighted by molar-refractivity contribution is 6.00. The van der Waals surface area contributed by atoms with E-state index >= 15 is 0 Å². The summed E-state index contributed by atoms with van der Waals surface area (Å²) in [6.45, 7) is 0. The third-order valence-corrected chi connectivity index (χ3v) is 1.76. The Morgan fingerprint density at radius 1 is 1.25 bits per heavy atom. The number of hydrogen-bond acceptors (Lipinski definition) is 2. The maximum absolute atomic E-state index is 13.2. The van der Waals surface area contributed by atoms with Crippen LogP contribution in [0, 0.1) is 11.6 Å². The summed E-state index contributed by atoms with van der Waals surface area (Å²) >= 11 is 0. The Morgan fingerprint density at radius 3 is 2.25 bits per heavy atom. The number of hydrogen-bond donors (Lipinski definition) is 0. The van der Waals surface area contributed by atoms with Crippen LogP contribution < -0.4 is 4.74 Å². The van der Waals surface area contributed by atoms with Crippen LogP contribution in [0.15, 0.2) is 12.1 Å². The van der Waals surface area contributed by atoms with Crippen LogP contribution in [0.2, 0.25) is 0 Å². The maximum Gasteiger partial charge on any atom is 0.454 e. The van der Waals surface area contributed by atoms with Gasteiger partial charge in [-0.15, -0.1) is 0 Å². The summed E-state index contributed by atoms with van der Waals surface area (Å²) in [6.07, 6.45) is -5.22. The zero-order valence-corrected chi connectivity index (χ0v) is 7.86. The fourth-order valence-electron chi connectivity index (χ4n) is 1.05. The second kappa shape index (κ2) is 4.07. The number of rotatable bonds is 2. The first kappa shape index (κ1) is 12.4. The van der Waals surface area contributed by atoms with Gasteiger partial charge in [0.25, 0.3) is 5.78 Å². The first-order valence-electron chi connectivity index (χ1n) is 3.92. The standard InChI is InChI=1S/C9H5F5O2/c1-16-7-5(10)3-2-4(6(7)11)8(15)9(12,13)14/h2-3H,1H3. The summed E-state index contributed by atoms with van der Waals surface area (Å²) in [5.41, 5.74) is -1.27. The Labute approximate surface area is 86.6 Å². The van der Waals surface area contributed by atoms with E-state index in [1.807, 2.05) is 0 Å². The number of ketones is 1. The van der Waals surface area contributed by atoms with Crippen molar-refractivity contribution in [1.82, 2.24) is 0 Å². The van der Waals surface area contributed by atoms with Crippen LogP contribution in [0.25, 0.3) is 0 Å². The van der Waals surface area contributed by atoms with Crippen LogP contribution in [0.3, 0.4) is 0 Å². The highest BCUT2D eigenvalue weighted by atomic mass is 19.4. The normalized spacial score (nSPS) is 11.4. The third-order valence-electron chi connectivity index (χ3n) is 1.76. The van der Waals surface area contributed by atoms with Crippen LogP contribution in [0.4, 0.5) is 22.0 Å². The zero-order chi connectivity index (χ0) is 12.5. The molecule has 1 aromatic carbocycles. The minimum atomic E-state index is -5.22. The molecule has 0 aliphatic heterocycles. The summed E-state index contributed by atoms with van der Waals surface area (Å²) in [6, 6.07) is 0.948. The summed E-state index contributed by atoms with van der Waals surface area (Å²) in [7, 11) is 0.878. The van der Waals surface area contributed by atoms with Gasteiger partial charge in [0.15, 0.2) is 17.4 Å². The number of carbonyl (C=O) groups excluding carboxylic acids is 1. The van der Waals surface area contributed by atoms with Gasteiger partial charge < -0.3 is 4.74 Å². The van der Waals surface area contributed by atoms with E-state index in [1.165, 1.54) is 0 Å². The van der Waals surface area contributed by atoms with Gasteiger partial charge in [-0.3, -0.25) is 4.79 Å². The van der Waals surface area contributed by atoms with Crippen LogP contribution in [-0.2, 0) is 0 Å². The van der Waals surface area contributed by atoms with Gasteiger partial charge in [0.1, 0.15) is 0 Å². The Bertz CT molecular complexity index is 425. The van der Waals surface area contributed by atoms with Gasteiger partial charge in [-0.2, -0.15) is 13.2 Å². The van der Waals surface area contributed by atoms with Crippen molar-refractivity contribution in [3.05, 3.63) is 29.3 Å². The topological polar surface area (TPSA) is 26.3 Å². The Kier molecular flexibility index (Phi) is 3.16. The molecule has 7 heteroatoms. The van der Waals surface area contributed by atoms with E-state index in [0.717, 1.165) is 7.11 Å². The second-order valence-electron chi connectivity index (χ2n) is 2.77. The smallest absolute Gasteiger partial charge is 0.454 e. The molecule has 0 spiro atoms. The monoisotopic (exact) mass is 240 g/mol. The molecule has 0 aromatic heterocycles. The largest absolute Gasteiger partial charge is 0.491 e. The summed E-state index contributed by atoms with van der Waals surface area (Å²) < 4.78 is 66.3. The lowest BCUT2D eigenvalue weighted by atomic mass is 10.1. The lowest BCUT2D eigenvalue weighted by Gasteiger charge is -2.09. The number of Topliss-reactive ketones (excluding diaryl/α,β-unsaturated/α-hetero) is 1. The molecule has 0 fully saturated rings. The minimum absolute atomic E-state index is 0.420. The van der Waals surface area contributed by atoms with E-state index < -0.39 is 34.9 Å². The number of halogens is 5. The van der Waals surface area contributed by atoms with Crippen LogP contribution in [-0.4, -0.2) is 19.1 Å². The van der Waals surface area contributed by atoms with Crippen molar-refractivity contribution in [3.8, 4) is 5.75 Å². The predicted octanol–water partition coefficient (Wildman–Crippen LogP) is 2.72. The number of methoxy groups -OCH3 is 1. The summed E-state index contributed by atoms with van der Waals surface area (Å²) in [5, 5.41) is 0. The van der Waals surface area contributed by atoms with Crippen molar-refractivity contribution < 1.29 is 31.5 Å². The number of carbonyl (C=O) groups is 1. The molecule has 88 valence electrons. The lowest BCUT2D eigenvalue weighted by Crippen LogP contribution is -2.24. The van der Waals surface area contributed by atoms with Crippen molar-refractivity contribution in [3.63, 3.8) is 0 Å². The van der Waals surface area contributed by atoms with Gasteiger partial charge in [-0.05, 0) is 12.1 Å². The molecule has 2 nitrogen and oxygen atoms in total. The highest BCUT2D eigenvalue weighted by Crippen LogP contribution is 2.29. The van der Waals surface area contributed by atoms with Gasteiger partial charge >= 0.3 is 6.18 Å². The second-order valence-corrected chi connectivity index (χ2v) is 2.77. The Balaban J connectivity index is 3.32. The molecule has 0 atom stereocenters. The van der Waals surface area contributed by atoms with Gasteiger partial charge in [-0.1, -0.05) is 0 Å². The molecule has 1 aromatic rings. The van der Waals surface area contributed by atoms with Crippen molar-refractivity contribution in [2.45, 2.75) is 6.18 Å². The molecular weight excluding hydrogens is 235 g/mol. The van der Waals surface area contributed by atoms with Gasteiger partial charge in [0, 0.05) is 0 Å². The van der Waals surface area contributed by atoms with Crippen molar-refractivity contribution in [2.24, 2.45) is 0 Å². The maximum atomic E-state index is 13.2. The quantitative estimate of drug-likeness (QED) is 0.586. The van der Waals surface area contributed by atoms with Crippen LogP contribution in [0.1, 0.15) is 10.4 Å². The number of alkyl halides is 3. The van der Waals surface area contributed by atoms with Crippen molar-refractivity contribution in [2.75, 3.05) is 7.11 Å². The van der Waals surface area contributed by atoms with E-state index in [-0.39, 0.29) is 0 Å². The molecule has 0 aliphatic rings. The highest BCUT2D eigenvalue weighted by Gasteiger charge is 2.41. The average Bonchev–Trinajstić information content (AvgIpc) is 2.16. The molecule has 0 aliphatic carbocycles. The molecule has 16 heavy (non-hydrogen) atoms. The fraction of sp³-hybridized carbons (Fsp3) is 0.222. The molecule has 0 heterocycles. The van der Waals surface area contributed by atoms with Gasteiger partial charge in [-0.25, -0.2) is 8.78 Å². The molecule has 0 saturated heterocycles. The van der Waals surface area contributed by atoms with Crippen molar-refractivity contribution >= 4 is 5.78 Å². The Morgan fingerprint density at radius 2 is 1.81 bits per heavy atom. The SMILES string of the molecule is COc1c(F)ccc(C(=O)C(F)(F)F)c1F. The summed E-state index contributed by atoms with van der Waals surface area (Å²) in [5.74, 6) is -6.25. The zero-order valence-electron chi connectivity index (χ0n) is 7.86. The van der Waals surface area contributed by atoms with Gasteiger partial charge in [0.05, 0.1) is 12.7 Å². The molecule has 0 radical (unpaired) electrons. The third kappa shape index (κ3) is 2.12. The summed E-state index contributed by atoms with van der Waals surface area (Å²) in [4.78, 5) is 10.7. The van der Waals surface area contributed by atoms with E-state index in [4.69, 9.17) is 0 Å². The average molecular weight is 240 g/mol. The first-order chi connectivity index (χ1) is 7.29. The van der Waals surface area contributed by atoms with E-state index in [1.54, 1.807) is 0 Å². The predicted molar refractivity (Wildman–Crippen MR) is 43.3 cm³/mol. The lowest BCUT2D eigenvalue weighted by molar-refractivity contribution is -0.0887. The first-order valence-corrected chi connectivity index (χ1v) is 3.92. The fourth-order valence-corrected chi connectivity index (χ4v) is 1.05. The molecule has 0 saturated carbocycles. The molecule has 1 rings (SSSR count). The number of ether oxygens (including phenoxy) is 1. The van der Waals surface area contributed by atoms with Crippen LogP contribution in [0.5, 0.6) is 5.75 Å². The minimum Gasteiger partial charge on any atom is -0.491 e. The molecular formula is C9H5F5O2. The number of benzene rings is 1. The van der Waals surface area contributed by atoms with Crippen molar-refractivity contribution in [1.29, 1.82) is 0 Å². The Hall–Kier alpha value is -1.66. The van der Waals surface area contributed by atoms with Gasteiger partial charge in [0.2, 0.25) is 0 Å². The van der Waals surface area contributed by atoms with E-state index in [2.05, 4.69) is 4.74 Å². The molecule has 0 bridgehead atoms. The van der Waals surface area contributed by atoms with E-state index in [9.17, 15) is 26.7 Å². The van der Waals surface area contributed by atoms with Crippen LogP contribution >= 0.6 is 0 Å². The molecule has 0 N–H and O–H groups in total. The molecule has 0 unspecified atom stereocenters.